The molecule has 0 radical (unpaired) electrons. The lowest BCUT2D eigenvalue weighted by atomic mass is 9.96. The van der Waals surface area contributed by atoms with Gasteiger partial charge >= 0.3 is 0 Å². The zero-order valence-corrected chi connectivity index (χ0v) is 11.3. The Bertz CT molecular complexity index is 514. The van der Waals surface area contributed by atoms with E-state index in [1.165, 1.54) is 25.2 Å². The Hall–Kier alpha value is -0.870. The smallest absolute Gasteiger partial charge is 0.113 e. The van der Waals surface area contributed by atoms with Crippen molar-refractivity contribution in [2.75, 3.05) is 13.1 Å². The van der Waals surface area contributed by atoms with Crippen molar-refractivity contribution in [1.29, 1.82) is 0 Å². The van der Waals surface area contributed by atoms with Gasteiger partial charge in [-0.1, -0.05) is 0 Å². The predicted molar refractivity (Wildman–Crippen MR) is 72.2 cm³/mol. The summed E-state index contributed by atoms with van der Waals surface area (Å²) in [6, 6.07) is 4.12. The largest absolute Gasteiger partial charge is 0.316 e. The summed E-state index contributed by atoms with van der Waals surface area (Å²) in [4.78, 5) is 4.56. The van der Waals surface area contributed by atoms with E-state index in [0.717, 1.165) is 28.9 Å². The maximum absolute atomic E-state index is 4.56. The molecule has 1 fully saturated rings. The van der Waals surface area contributed by atoms with Crippen LogP contribution in [0.1, 0.15) is 18.7 Å². The molecule has 17 heavy (non-hydrogen) atoms. The van der Waals surface area contributed by atoms with Crippen molar-refractivity contribution >= 4 is 21.4 Å². The molecule has 1 N–H and O–H groups in total. The van der Waals surface area contributed by atoms with Crippen molar-refractivity contribution in [3.8, 4) is 0 Å². The van der Waals surface area contributed by atoms with E-state index in [1.54, 1.807) is 0 Å². The Morgan fingerprint density at radius 3 is 3.29 bits per heavy atom. The molecule has 0 amide bonds. The number of hydrogen-bond acceptors (Lipinski definition) is 2. The van der Waals surface area contributed by atoms with Crippen molar-refractivity contribution in [3.63, 3.8) is 0 Å². The van der Waals surface area contributed by atoms with E-state index in [-0.39, 0.29) is 0 Å². The second kappa shape index (κ2) is 4.78. The maximum atomic E-state index is 4.56. The summed E-state index contributed by atoms with van der Waals surface area (Å²) < 4.78 is 3.30. The number of fused-ring (bicyclic) bond motifs is 1. The van der Waals surface area contributed by atoms with Crippen LogP contribution in [0, 0.1) is 5.92 Å². The highest BCUT2D eigenvalue weighted by Gasteiger charge is 2.16. The van der Waals surface area contributed by atoms with Crippen LogP contribution in [-0.2, 0) is 6.42 Å². The molecule has 0 aromatic carbocycles. The third-order valence-corrected chi connectivity index (χ3v) is 4.14. The lowest BCUT2D eigenvalue weighted by Crippen LogP contribution is -2.31. The standard InChI is InChI=1S/C13H16BrN3/c14-11-4-2-6-17-12(11)9-16-13(17)7-10-3-1-5-15-8-10/h2,4,6,9-10,15H,1,3,5,7-8H2. The first kappa shape index (κ1) is 11.2. The zero-order chi connectivity index (χ0) is 11.7. The number of aromatic nitrogens is 2. The van der Waals surface area contributed by atoms with Gasteiger partial charge < -0.3 is 9.72 Å². The molecule has 4 heteroatoms. The molecule has 1 atom stereocenters. The van der Waals surface area contributed by atoms with Gasteiger partial charge in [0.2, 0.25) is 0 Å². The second-order valence-corrected chi connectivity index (χ2v) is 5.56. The zero-order valence-electron chi connectivity index (χ0n) is 9.69. The van der Waals surface area contributed by atoms with Crippen LogP contribution in [-0.4, -0.2) is 22.5 Å². The Balaban J connectivity index is 1.87. The van der Waals surface area contributed by atoms with Crippen LogP contribution in [0.3, 0.4) is 0 Å². The predicted octanol–water partition coefficient (Wildman–Crippen LogP) is 2.64. The monoisotopic (exact) mass is 293 g/mol. The fraction of sp³-hybridized carbons (Fsp3) is 0.462. The van der Waals surface area contributed by atoms with Crippen molar-refractivity contribution in [1.82, 2.24) is 14.7 Å². The van der Waals surface area contributed by atoms with E-state index in [4.69, 9.17) is 0 Å². The molecule has 0 aliphatic carbocycles. The number of pyridine rings is 1. The van der Waals surface area contributed by atoms with Crippen LogP contribution in [0.15, 0.2) is 29.0 Å². The van der Waals surface area contributed by atoms with Crippen LogP contribution < -0.4 is 5.32 Å². The first-order valence-electron chi connectivity index (χ1n) is 6.16. The summed E-state index contributed by atoms with van der Waals surface area (Å²) >= 11 is 3.56. The molecule has 0 bridgehead atoms. The molecule has 3 rings (SSSR count). The Kier molecular flexibility index (Phi) is 3.16. The third-order valence-electron chi connectivity index (χ3n) is 3.47. The molecule has 0 spiro atoms. The van der Waals surface area contributed by atoms with Crippen LogP contribution in [0.4, 0.5) is 0 Å². The van der Waals surface area contributed by atoms with E-state index in [1.807, 2.05) is 6.20 Å². The van der Waals surface area contributed by atoms with Gasteiger partial charge in [-0.2, -0.15) is 0 Å². The van der Waals surface area contributed by atoms with Crippen molar-refractivity contribution in [3.05, 3.63) is 34.8 Å². The first-order valence-corrected chi connectivity index (χ1v) is 6.95. The summed E-state index contributed by atoms with van der Waals surface area (Å²) in [5.74, 6) is 1.91. The van der Waals surface area contributed by atoms with Crippen molar-refractivity contribution in [2.24, 2.45) is 5.92 Å². The highest BCUT2D eigenvalue weighted by molar-refractivity contribution is 9.10. The lowest BCUT2D eigenvalue weighted by molar-refractivity contribution is 0.370. The minimum absolute atomic E-state index is 0.730. The number of hydrogen-bond donors (Lipinski definition) is 1. The number of halogens is 1. The van der Waals surface area contributed by atoms with E-state index in [2.05, 4.69) is 49.0 Å². The molecule has 90 valence electrons. The van der Waals surface area contributed by atoms with Gasteiger partial charge in [-0.3, -0.25) is 0 Å². The third kappa shape index (κ3) is 2.24. The molecular weight excluding hydrogens is 278 g/mol. The molecule has 3 heterocycles. The Labute approximate surface area is 109 Å². The highest BCUT2D eigenvalue weighted by atomic mass is 79.9. The molecule has 3 nitrogen and oxygen atoms in total. The minimum Gasteiger partial charge on any atom is -0.316 e. The van der Waals surface area contributed by atoms with E-state index >= 15 is 0 Å². The van der Waals surface area contributed by atoms with Gasteiger partial charge in [-0.15, -0.1) is 0 Å². The Morgan fingerprint density at radius 2 is 2.47 bits per heavy atom. The van der Waals surface area contributed by atoms with E-state index < -0.39 is 0 Å². The van der Waals surface area contributed by atoms with Gasteiger partial charge in [0.1, 0.15) is 5.82 Å². The van der Waals surface area contributed by atoms with Gasteiger partial charge in [-0.05, 0) is 59.9 Å². The molecule has 0 saturated carbocycles. The van der Waals surface area contributed by atoms with Crippen molar-refractivity contribution < 1.29 is 0 Å². The van der Waals surface area contributed by atoms with Gasteiger partial charge in [0.15, 0.2) is 0 Å². The summed E-state index contributed by atoms with van der Waals surface area (Å²) in [6.45, 7) is 2.30. The fourth-order valence-corrected chi connectivity index (χ4v) is 2.99. The van der Waals surface area contributed by atoms with Crippen LogP contribution in [0.2, 0.25) is 0 Å². The molecule has 2 aromatic heterocycles. The number of piperidine rings is 1. The van der Waals surface area contributed by atoms with Gasteiger partial charge in [0.25, 0.3) is 0 Å². The second-order valence-electron chi connectivity index (χ2n) is 4.70. The molecule has 1 unspecified atom stereocenters. The normalized spacial score (nSPS) is 20.9. The van der Waals surface area contributed by atoms with E-state index in [0.29, 0.717) is 0 Å². The van der Waals surface area contributed by atoms with Gasteiger partial charge in [-0.25, -0.2) is 4.98 Å². The highest BCUT2D eigenvalue weighted by Crippen LogP contribution is 2.21. The van der Waals surface area contributed by atoms with Gasteiger partial charge in [0, 0.05) is 17.1 Å². The van der Waals surface area contributed by atoms with Crippen molar-refractivity contribution in [2.45, 2.75) is 19.3 Å². The molecule has 2 aromatic rings. The molecule has 1 saturated heterocycles. The quantitative estimate of drug-likeness (QED) is 0.922. The number of imidazole rings is 1. The Morgan fingerprint density at radius 1 is 1.53 bits per heavy atom. The molecule has 1 aliphatic rings. The van der Waals surface area contributed by atoms with Crippen LogP contribution in [0.25, 0.3) is 5.52 Å². The number of nitrogens with zero attached hydrogens (tertiary/aromatic N) is 2. The van der Waals surface area contributed by atoms with Gasteiger partial charge in [0.05, 0.1) is 11.7 Å². The summed E-state index contributed by atoms with van der Waals surface area (Å²) in [5, 5.41) is 3.46. The summed E-state index contributed by atoms with van der Waals surface area (Å²) in [5.41, 5.74) is 1.16. The van der Waals surface area contributed by atoms with E-state index in [9.17, 15) is 0 Å². The number of rotatable bonds is 2. The summed E-state index contributed by atoms with van der Waals surface area (Å²) in [7, 11) is 0. The maximum Gasteiger partial charge on any atom is 0.113 e. The first-order chi connectivity index (χ1) is 8.34. The average molecular weight is 294 g/mol. The fourth-order valence-electron chi connectivity index (χ4n) is 2.55. The van der Waals surface area contributed by atoms with Crippen LogP contribution in [0.5, 0.6) is 0 Å². The lowest BCUT2D eigenvalue weighted by Gasteiger charge is -2.22. The SMILES string of the molecule is Brc1cccn2c(CC3CCCNC3)ncc12. The molecule has 1 aliphatic heterocycles. The average Bonchev–Trinajstić information content (AvgIpc) is 2.76. The minimum atomic E-state index is 0.730. The number of nitrogens with one attached hydrogen (secondary N) is 1. The molecular formula is C13H16BrN3. The van der Waals surface area contributed by atoms with Crippen LogP contribution >= 0.6 is 15.9 Å². The topological polar surface area (TPSA) is 29.3 Å². The summed E-state index contributed by atoms with van der Waals surface area (Å²) in [6.07, 6.45) is 7.72.